The van der Waals surface area contributed by atoms with Gasteiger partial charge in [0.1, 0.15) is 11.5 Å². The number of rotatable bonds is 6. The van der Waals surface area contributed by atoms with E-state index in [0.717, 1.165) is 27.2 Å². The first-order chi connectivity index (χ1) is 10.2. The summed E-state index contributed by atoms with van der Waals surface area (Å²) in [6, 6.07) is 13.6. The van der Waals surface area contributed by atoms with Crippen LogP contribution < -0.4 is 20.5 Å². The molecule has 0 fully saturated rings. The van der Waals surface area contributed by atoms with Gasteiger partial charge in [-0.3, -0.25) is 0 Å². The van der Waals surface area contributed by atoms with Crippen LogP contribution in [-0.4, -0.2) is 20.8 Å². The van der Waals surface area contributed by atoms with E-state index >= 15 is 0 Å². The molecule has 0 radical (unpaired) electrons. The number of hydrogen-bond acceptors (Lipinski definition) is 4. The highest BCUT2D eigenvalue weighted by atomic mass is 79.9. The molecule has 0 spiro atoms. The van der Waals surface area contributed by atoms with Crippen LogP contribution >= 0.6 is 15.9 Å². The van der Waals surface area contributed by atoms with Crippen molar-refractivity contribution in [3.05, 3.63) is 52.5 Å². The second-order valence-corrected chi connectivity index (χ2v) is 5.40. The highest BCUT2D eigenvalue weighted by Gasteiger charge is 2.14. The Hall–Kier alpha value is -1.72. The maximum Gasteiger partial charge on any atom is 0.119 e. The molecule has 5 heteroatoms. The number of methoxy groups -OCH3 is 2. The molecule has 0 aliphatic rings. The molecule has 0 aromatic heterocycles. The van der Waals surface area contributed by atoms with Gasteiger partial charge in [-0.15, -0.1) is 0 Å². The van der Waals surface area contributed by atoms with Gasteiger partial charge in [0.05, 0.1) is 20.3 Å². The number of nitrogens with one attached hydrogen (secondary N) is 1. The molecule has 4 nitrogen and oxygen atoms in total. The van der Waals surface area contributed by atoms with Gasteiger partial charge in [-0.2, -0.15) is 0 Å². The lowest BCUT2D eigenvalue weighted by molar-refractivity contribution is 0.414. The highest BCUT2D eigenvalue weighted by molar-refractivity contribution is 9.10. The Bertz CT molecular complexity index is 587. The molecule has 0 saturated heterocycles. The topological polar surface area (TPSA) is 56.5 Å². The van der Waals surface area contributed by atoms with Gasteiger partial charge < -0.3 is 20.5 Å². The predicted octanol–water partition coefficient (Wildman–Crippen LogP) is 3.58. The third-order valence-electron chi connectivity index (χ3n) is 3.25. The van der Waals surface area contributed by atoms with Crippen molar-refractivity contribution in [3.63, 3.8) is 0 Å². The van der Waals surface area contributed by atoms with Crippen molar-refractivity contribution < 1.29 is 9.47 Å². The van der Waals surface area contributed by atoms with E-state index in [4.69, 9.17) is 15.2 Å². The lowest BCUT2D eigenvalue weighted by Crippen LogP contribution is -2.21. The fourth-order valence-electron chi connectivity index (χ4n) is 2.07. The Kier molecular flexibility index (Phi) is 5.47. The third-order valence-corrected chi connectivity index (χ3v) is 3.97. The molecule has 21 heavy (non-hydrogen) atoms. The van der Waals surface area contributed by atoms with Gasteiger partial charge in [0.25, 0.3) is 0 Å². The molecule has 3 N–H and O–H groups in total. The lowest BCUT2D eigenvalue weighted by Gasteiger charge is -2.20. The number of halogens is 1. The molecule has 0 heterocycles. The standard InChI is InChI=1S/C16H19BrN2O2/c1-20-12-5-3-11(4-6-12)19-16(10-18)14-9-13(21-2)7-8-15(14)17/h3-9,16,19H,10,18H2,1-2H3. The fraction of sp³-hybridized carbons (Fsp3) is 0.250. The summed E-state index contributed by atoms with van der Waals surface area (Å²) >= 11 is 3.57. The maximum atomic E-state index is 5.92. The summed E-state index contributed by atoms with van der Waals surface area (Å²) in [5.74, 6) is 1.63. The number of hydrogen-bond donors (Lipinski definition) is 2. The SMILES string of the molecule is COc1ccc(NC(CN)c2cc(OC)ccc2Br)cc1. The van der Waals surface area contributed by atoms with E-state index < -0.39 is 0 Å². The fourth-order valence-corrected chi connectivity index (χ4v) is 2.59. The number of benzene rings is 2. The summed E-state index contributed by atoms with van der Waals surface area (Å²) in [4.78, 5) is 0. The lowest BCUT2D eigenvalue weighted by atomic mass is 10.1. The molecule has 0 saturated carbocycles. The molecular weight excluding hydrogens is 332 g/mol. The van der Waals surface area contributed by atoms with E-state index in [1.165, 1.54) is 0 Å². The summed E-state index contributed by atoms with van der Waals surface area (Å²) in [5.41, 5.74) is 7.97. The molecular formula is C16H19BrN2O2. The first kappa shape index (κ1) is 15.7. The average Bonchev–Trinajstić information content (AvgIpc) is 2.54. The minimum Gasteiger partial charge on any atom is -0.497 e. The molecule has 2 aromatic rings. The molecule has 0 aliphatic heterocycles. The van der Waals surface area contributed by atoms with Crippen LogP contribution in [0, 0.1) is 0 Å². The quantitative estimate of drug-likeness (QED) is 0.835. The molecule has 0 aliphatic carbocycles. The second-order valence-electron chi connectivity index (χ2n) is 4.55. The first-order valence-corrected chi connectivity index (χ1v) is 7.41. The van der Waals surface area contributed by atoms with E-state index in [1.54, 1.807) is 14.2 Å². The van der Waals surface area contributed by atoms with E-state index in [0.29, 0.717) is 6.54 Å². The van der Waals surface area contributed by atoms with E-state index in [-0.39, 0.29) is 6.04 Å². The van der Waals surface area contributed by atoms with Crippen LogP contribution in [0.3, 0.4) is 0 Å². The van der Waals surface area contributed by atoms with Crippen molar-refractivity contribution in [1.82, 2.24) is 0 Å². The second kappa shape index (κ2) is 7.33. The Labute approximate surface area is 133 Å². The van der Waals surface area contributed by atoms with Gasteiger partial charge >= 0.3 is 0 Å². The molecule has 0 bridgehead atoms. The minimum atomic E-state index is -0.0112. The zero-order valence-electron chi connectivity index (χ0n) is 12.1. The Morgan fingerprint density at radius 1 is 1.05 bits per heavy atom. The van der Waals surface area contributed by atoms with Crippen molar-refractivity contribution in [2.45, 2.75) is 6.04 Å². The molecule has 1 unspecified atom stereocenters. The van der Waals surface area contributed by atoms with Crippen molar-refractivity contribution >= 4 is 21.6 Å². The highest BCUT2D eigenvalue weighted by Crippen LogP contribution is 2.30. The molecule has 1 atom stereocenters. The molecule has 112 valence electrons. The Morgan fingerprint density at radius 2 is 1.67 bits per heavy atom. The van der Waals surface area contributed by atoms with Crippen LogP contribution in [0.25, 0.3) is 0 Å². The molecule has 0 amide bonds. The zero-order chi connectivity index (χ0) is 15.2. The minimum absolute atomic E-state index is 0.0112. The zero-order valence-corrected chi connectivity index (χ0v) is 13.7. The van der Waals surface area contributed by atoms with E-state index in [9.17, 15) is 0 Å². The van der Waals surface area contributed by atoms with Crippen molar-refractivity contribution in [2.24, 2.45) is 5.73 Å². The van der Waals surface area contributed by atoms with Crippen LogP contribution in [0.2, 0.25) is 0 Å². The van der Waals surface area contributed by atoms with Crippen LogP contribution in [0.15, 0.2) is 46.9 Å². The van der Waals surface area contributed by atoms with Crippen LogP contribution in [0.4, 0.5) is 5.69 Å². The predicted molar refractivity (Wildman–Crippen MR) is 89.1 cm³/mol. The van der Waals surface area contributed by atoms with Gasteiger partial charge in [-0.1, -0.05) is 15.9 Å². The van der Waals surface area contributed by atoms with E-state index in [1.807, 2.05) is 42.5 Å². The van der Waals surface area contributed by atoms with Crippen molar-refractivity contribution in [1.29, 1.82) is 0 Å². The van der Waals surface area contributed by atoms with Crippen LogP contribution in [0.5, 0.6) is 11.5 Å². The number of ether oxygens (including phenoxy) is 2. The van der Waals surface area contributed by atoms with Gasteiger partial charge in [0.15, 0.2) is 0 Å². The summed E-state index contributed by atoms with van der Waals surface area (Å²) < 4.78 is 11.4. The number of anilines is 1. The summed E-state index contributed by atoms with van der Waals surface area (Å²) in [6.07, 6.45) is 0. The van der Waals surface area contributed by atoms with Gasteiger partial charge in [0.2, 0.25) is 0 Å². The largest absolute Gasteiger partial charge is 0.497 e. The van der Waals surface area contributed by atoms with E-state index in [2.05, 4.69) is 21.2 Å². The van der Waals surface area contributed by atoms with Gasteiger partial charge in [-0.05, 0) is 48.0 Å². The van der Waals surface area contributed by atoms with Crippen molar-refractivity contribution in [3.8, 4) is 11.5 Å². The molecule has 2 rings (SSSR count). The summed E-state index contributed by atoms with van der Waals surface area (Å²) in [5, 5.41) is 3.42. The average molecular weight is 351 g/mol. The first-order valence-electron chi connectivity index (χ1n) is 6.62. The number of nitrogens with two attached hydrogens (primary N) is 1. The summed E-state index contributed by atoms with van der Waals surface area (Å²) in [7, 11) is 3.31. The molecule has 2 aromatic carbocycles. The Balaban J connectivity index is 2.22. The monoisotopic (exact) mass is 350 g/mol. The smallest absolute Gasteiger partial charge is 0.119 e. The normalized spacial score (nSPS) is 11.8. The Morgan fingerprint density at radius 3 is 2.24 bits per heavy atom. The van der Waals surface area contributed by atoms with Crippen LogP contribution in [0.1, 0.15) is 11.6 Å². The van der Waals surface area contributed by atoms with Crippen molar-refractivity contribution in [2.75, 3.05) is 26.1 Å². The van der Waals surface area contributed by atoms with Gasteiger partial charge in [-0.25, -0.2) is 0 Å². The van der Waals surface area contributed by atoms with Gasteiger partial charge in [0, 0.05) is 16.7 Å². The summed E-state index contributed by atoms with van der Waals surface area (Å²) in [6.45, 7) is 0.470. The van der Waals surface area contributed by atoms with Crippen LogP contribution in [-0.2, 0) is 0 Å². The third kappa shape index (κ3) is 3.89. The maximum absolute atomic E-state index is 5.92.